The Morgan fingerprint density at radius 2 is 2.11 bits per heavy atom. The molecule has 9 heteroatoms. The fraction of sp³-hybridized carbons (Fsp3) is 0.278. The number of carbonyl (C=O) groups excluding carboxylic acids is 2. The summed E-state index contributed by atoms with van der Waals surface area (Å²) in [4.78, 5) is 30.8. The number of rotatable bonds is 2. The molecule has 1 aliphatic carbocycles. The van der Waals surface area contributed by atoms with E-state index in [9.17, 15) is 9.59 Å². The van der Waals surface area contributed by atoms with Crippen LogP contribution in [-0.2, 0) is 14.3 Å². The number of fused-ring (bicyclic) bond motifs is 2. The molecular formula is C18H16N4O3S2. The lowest BCUT2D eigenvalue weighted by molar-refractivity contribution is -0.121. The highest BCUT2D eigenvalue weighted by molar-refractivity contribution is 8.19. The fourth-order valence-corrected chi connectivity index (χ4v) is 4.58. The van der Waals surface area contributed by atoms with Gasteiger partial charge in [-0.25, -0.2) is 4.90 Å². The van der Waals surface area contributed by atoms with Gasteiger partial charge in [0, 0.05) is 5.25 Å². The Hall–Kier alpha value is -2.39. The van der Waals surface area contributed by atoms with Crippen molar-refractivity contribution in [3.8, 4) is 0 Å². The van der Waals surface area contributed by atoms with Crippen molar-refractivity contribution in [2.45, 2.75) is 25.2 Å². The summed E-state index contributed by atoms with van der Waals surface area (Å²) in [5, 5.41) is 9.73. The summed E-state index contributed by atoms with van der Waals surface area (Å²) in [5.74, 6) is -1.15. The molecule has 7 nitrogen and oxygen atoms in total. The Bertz CT molecular complexity index is 927. The molecule has 0 spiro atoms. The predicted octanol–water partition coefficient (Wildman–Crippen LogP) is 2.84. The van der Waals surface area contributed by atoms with Crippen LogP contribution in [0.15, 0.2) is 57.2 Å². The first-order valence-electron chi connectivity index (χ1n) is 8.36. The van der Waals surface area contributed by atoms with E-state index in [4.69, 9.17) is 10.1 Å². The topological polar surface area (TPSA) is 95.2 Å². The van der Waals surface area contributed by atoms with Crippen LogP contribution in [0.1, 0.15) is 13.8 Å². The number of hydrogen-bond donors (Lipinski definition) is 1. The maximum absolute atomic E-state index is 12.7. The van der Waals surface area contributed by atoms with Crippen molar-refractivity contribution >= 4 is 51.6 Å². The van der Waals surface area contributed by atoms with Crippen LogP contribution in [0, 0.1) is 11.3 Å². The second-order valence-electron chi connectivity index (χ2n) is 6.41. The number of ether oxygens (including phenoxy) is 1. The summed E-state index contributed by atoms with van der Waals surface area (Å²) < 4.78 is 9.91. The Morgan fingerprint density at radius 1 is 1.33 bits per heavy atom. The van der Waals surface area contributed by atoms with E-state index in [1.807, 2.05) is 26.0 Å². The van der Waals surface area contributed by atoms with Crippen LogP contribution in [0.4, 0.5) is 0 Å². The summed E-state index contributed by atoms with van der Waals surface area (Å²) in [7, 11) is 0. The maximum Gasteiger partial charge on any atom is 0.283 e. The van der Waals surface area contributed by atoms with Gasteiger partial charge >= 0.3 is 0 Å². The first-order valence-corrected chi connectivity index (χ1v) is 10.0. The molecule has 0 aromatic heterocycles. The van der Waals surface area contributed by atoms with Gasteiger partial charge in [-0.2, -0.15) is 9.39 Å². The Morgan fingerprint density at radius 3 is 2.89 bits per heavy atom. The fourth-order valence-electron chi connectivity index (χ4n) is 2.91. The van der Waals surface area contributed by atoms with Gasteiger partial charge in [-0.05, 0) is 12.2 Å². The molecule has 3 aliphatic heterocycles. The van der Waals surface area contributed by atoms with Gasteiger partial charge in [0.1, 0.15) is 11.9 Å². The van der Waals surface area contributed by atoms with E-state index in [-0.39, 0.29) is 34.1 Å². The number of amides is 1. The number of carbonyl (C=O) groups is 2. The number of ketones is 1. The monoisotopic (exact) mass is 400 g/mol. The van der Waals surface area contributed by atoms with Crippen LogP contribution in [0.5, 0.6) is 0 Å². The lowest BCUT2D eigenvalue weighted by atomic mass is 9.87. The molecule has 1 amide bonds. The van der Waals surface area contributed by atoms with Gasteiger partial charge in [0.05, 0.1) is 35.3 Å². The molecule has 27 heavy (non-hydrogen) atoms. The number of allylic oxidation sites excluding steroid dienone is 4. The van der Waals surface area contributed by atoms with Crippen LogP contribution in [0.25, 0.3) is 0 Å². The Balaban J connectivity index is 1.65. The van der Waals surface area contributed by atoms with Gasteiger partial charge in [0.2, 0.25) is 5.17 Å². The Kier molecular flexibility index (Phi) is 4.65. The first kappa shape index (κ1) is 18.0. The summed E-state index contributed by atoms with van der Waals surface area (Å²) >= 11 is 2.57. The van der Waals surface area contributed by atoms with Gasteiger partial charge < -0.3 is 4.74 Å². The van der Waals surface area contributed by atoms with E-state index in [0.717, 1.165) is 11.9 Å². The van der Waals surface area contributed by atoms with Gasteiger partial charge in [-0.3, -0.25) is 15.0 Å². The lowest BCUT2D eigenvalue weighted by Gasteiger charge is -2.28. The van der Waals surface area contributed by atoms with Crippen molar-refractivity contribution in [2.75, 3.05) is 0 Å². The number of nitrogens with one attached hydrogen (secondary N) is 1. The highest BCUT2D eigenvalue weighted by Gasteiger charge is 2.39. The van der Waals surface area contributed by atoms with Gasteiger partial charge in [-0.1, -0.05) is 43.8 Å². The molecular weight excluding hydrogens is 384 g/mol. The molecule has 0 radical (unpaired) electrons. The third kappa shape index (κ3) is 3.21. The second-order valence-corrected chi connectivity index (χ2v) is 8.68. The molecule has 138 valence electrons. The largest absolute Gasteiger partial charge is 0.492 e. The number of thioether (sulfide) groups is 1. The Labute approximate surface area is 164 Å². The minimum Gasteiger partial charge on any atom is -0.492 e. The number of nitrogens with zero attached hydrogens (tertiary/aromatic N) is 3. The quantitative estimate of drug-likeness (QED) is 0.566. The van der Waals surface area contributed by atoms with Crippen LogP contribution in [-0.4, -0.2) is 44.1 Å². The summed E-state index contributed by atoms with van der Waals surface area (Å²) in [6.45, 7) is 4.04. The normalized spacial score (nSPS) is 28.1. The second kappa shape index (κ2) is 6.97. The predicted molar refractivity (Wildman–Crippen MR) is 108 cm³/mol. The van der Waals surface area contributed by atoms with Crippen molar-refractivity contribution < 1.29 is 14.3 Å². The zero-order chi connectivity index (χ0) is 19.1. The van der Waals surface area contributed by atoms with Crippen molar-refractivity contribution in [2.24, 2.45) is 15.3 Å². The number of hydrogen-bond acceptors (Lipinski definition) is 7. The number of amidine groups is 3. The third-order valence-electron chi connectivity index (χ3n) is 4.16. The van der Waals surface area contributed by atoms with Crippen LogP contribution < -0.4 is 0 Å². The average molecular weight is 400 g/mol. The van der Waals surface area contributed by atoms with Crippen molar-refractivity contribution in [3.05, 3.63) is 47.8 Å². The molecule has 0 saturated carbocycles. The minimum atomic E-state index is -0.556. The standard InChI is InChI=1S/C18H16N4O3S2/c1-9(2)26-18-21-27-17-20-16(24)12(15(19)22(17)18)7-10-8-25-13-6-4-3-5-11(13)14(10)23/h3-9,11,13,19H,1-2H3/b12-7-,19-15?. The van der Waals surface area contributed by atoms with E-state index in [1.54, 1.807) is 17.1 Å². The van der Waals surface area contributed by atoms with Gasteiger partial charge in [0.15, 0.2) is 11.0 Å². The van der Waals surface area contributed by atoms with Gasteiger partial charge in [0.25, 0.3) is 5.91 Å². The molecule has 0 aromatic carbocycles. The van der Waals surface area contributed by atoms with E-state index in [0.29, 0.717) is 10.3 Å². The highest BCUT2D eigenvalue weighted by atomic mass is 32.2. The smallest absolute Gasteiger partial charge is 0.283 e. The summed E-state index contributed by atoms with van der Waals surface area (Å²) in [6.07, 6.45) is 9.67. The molecule has 4 rings (SSSR count). The first-order chi connectivity index (χ1) is 13.0. The zero-order valence-corrected chi connectivity index (χ0v) is 16.2. The van der Waals surface area contributed by atoms with E-state index in [2.05, 4.69) is 9.39 Å². The molecule has 2 atom stereocenters. The van der Waals surface area contributed by atoms with Crippen LogP contribution in [0.3, 0.4) is 0 Å². The molecule has 0 bridgehead atoms. The van der Waals surface area contributed by atoms with Crippen molar-refractivity contribution in [3.63, 3.8) is 0 Å². The average Bonchev–Trinajstić information content (AvgIpc) is 3.02. The van der Waals surface area contributed by atoms with E-state index < -0.39 is 11.8 Å². The van der Waals surface area contributed by atoms with Gasteiger partial charge in [-0.15, -0.1) is 0 Å². The van der Waals surface area contributed by atoms with Crippen LogP contribution in [0.2, 0.25) is 0 Å². The SMILES string of the molecule is CC(C)SC1=NSC2=NC(=O)/C(=C\C3=COC4C=CC=CC4C3=O)C(=N)N21. The van der Waals surface area contributed by atoms with Crippen LogP contribution >= 0.6 is 23.7 Å². The van der Waals surface area contributed by atoms with E-state index in [1.165, 1.54) is 24.1 Å². The van der Waals surface area contributed by atoms with Crippen molar-refractivity contribution in [1.82, 2.24) is 4.90 Å². The lowest BCUT2D eigenvalue weighted by Crippen LogP contribution is -2.42. The van der Waals surface area contributed by atoms with E-state index >= 15 is 0 Å². The molecule has 0 saturated heterocycles. The number of aliphatic imine (C=N–C) groups is 1. The zero-order valence-electron chi connectivity index (χ0n) is 14.6. The molecule has 0 aromatic rings. The minimum absolute atomic E-state index is 0.0307. The maximum atomic E-state index is 12.7. The molecule has 4 aliphatic rings. The molecule has 3 heterocycles. The highest BCUT2D eigenvalue weighted by Crippen LogP contribution is 2.34. The number of Topliss-reactive ketones (excluding diaryl/α,β-unsaturated/α-hetero) is 1. The molecule has 1 N–H and O–H groups in total. The third-order valence-corrected chi connectivity index (χ3v) is 5.93. The summed E-state index contributed by atoms with van der Waals surface area (Å²) in [5.41, 5.74) is 0.306. The van der Waals surface area contributed by atoms with Crippen molar-refractivity contribution in [1.29, 1.82) is 5.41 Å². The molecule has 0 fully saturated rings. The summed E-state index contributed by atoms with van der Waals surface area (Å²) in [6, 6.07) is 0. The molecule has 2 unspecified atom stereocenters.